The van der Waals surface area contributed by atoms with Crippen molar-refractivity contribution in [3.63, 3.8) is 0 Å². The molecular formula is C14H27N3O2S. The molecule has 6 heteroatoms. The van der Waals surface area contributed by atoms with Crippen LogP contribution >= 0.6 is 0 Å². The fourth-order valence-corrected chi connectivity index (χ4v) is 5.71. The van der Waals surface area contributed by atoms with Gasteiger partial charge in [-0.3, -0.25) is 0 Å². The maximum absolute atomic E-state index is 12.8. The zero-order valence-corrected chi connectivity index (χ0v) is 13.1. The van der Waals surface area contributed by atoms with Crippen LogP contribution in [0.2, 0.25) is 0 Å². The van der Waals surface area contributed by atoms with E-state index < -0.39 is 10.2 Å². The van der Waals surface area contributed by atoms with E-state index in [9.17, 15) is 8.42 Å². The van der Waals surface area contributed by atoms with Gasteiger partial charge in [-0.05, 0) is 44.1 Å². The van der Waals surface area contributed by atoms with E-state index in [1.54, 1.807) is 8.61 Å². The summed E-state index contributed by atoms with van der Waals surface area (Å²) in [5, 5.41) is 3.44. The van der Waals surface area contributed by atoms with Crippen LogP contribution in [-0.4, -0.2) is 56.3 Å². The lowest BCUT2D eigenvalue weighted by molar-refractivity contribution is 0.222. The molecule has 3 rings (SSSR count). The molecule has 0 bridgehead atoms. The quantitative estimate of drug-likeness (QED) is 0.833. The average molecular weight is 301 g/mol. The van der Waals surface area contributed by atoms with E-state index in [4.69, 9.17) is 0 Å². The Labute approximate surface area is 122 Å². The Morgan fingerprint density at radius 2 is 1.60 bits per heavy atom. The third-order valence-electron chi connectivity index (χ3n) is 5.18. The number of hydrogen-bond acceptors (Lipinski definition) is 3. The monoisotopic (exact) mass is 301 g/mol. The van der Waals surface area contributed by atoms with Crippen molar-refractivity contribution in [2.24, 2.45) is 5.41 Å². The molecule has 1 spiro atoms. The van der Waals surface area contributed by atoms with Crippen molar-refractivity contribution >= 4 is 10.2 Å². The number of rotatable bonds is 2. The topological polar surface area (TPSA) is 52.7 Å². The zero-order chi connectivity index (χ0) is 14.1. The molecule has 3 aliphatic rings. The number of piperidine rings is 1. The lowest BCUT2D eigenvalue weighted by Crippen LogP contribution is -2.46. The smallest absolute Gasteiger partial charge is 0.281 e. The van der Waals surface area contributed by atoms with Crippen molar-refractivity contribution in [2.75, 3.05) is 39.3 Å². The van der Waals surface area contributed by atoms with Crippen molar-refractivity contribution in [2.45, 2.75) is 44.9 Å². The summed E-state index contributed by atoms with van der Waals surface area (Å²) < 4.78 is 29.1. The third-order valence-corrected chi connectivity index (χ3v) is 7.16. The highest BCUT2D eigenvalue weighted by molar-refractivity contribution is 7.86. The Balaban J connectivity index is 1.69. The Morgan fingerprint density at radius 1 is 0.850 bits per heavy atom. The molecule has 5 nitrogen and oxygen atoms in total. The Morgan fingerprint density at radius 3 is 2.25 bits per heavy atom. The van der Waals surface area contributed by atoms with Crippen molar-refractivity contribution in [3.8, 4) is 0 Å². The van der Waals surface area contributed by atoms with Crippen molar-refractivity contribution in [3.05, 3.63) is 0 Å². The fraction of sp³-hybridized carbons (Fsp3) is 1.00. The fourth-order valence-electron chi connectivity index (χ4n) is 3.91. The molecule has 0 aromatic heterocycles. The van der Waals surface area contributed by atoms with Gasteiger partial charge in [-0.15, -0.1) is 0 Å². The van der Waals surface area contributed by atoms with E-state index in [-0.39, 0.29) is 5.41 Å². The van der Waals surface area contributed by atoms with Gasteiger partial charge < -0.3 is 5.32 Å². The molecule has 116 valence electrons. The maximum Gasteiger partial charge on any atom is 0.281 e. The molecule has 0 aliphatic carbocycles. The lowest BCUT2D eigenvalue weighted by atomic mass is 9.80. The van der Waals surface area contributed by atoms with Gasteiger partial charge in [0.2, 0.25) is 0 Å². The minimum absolute atomic E-state index is 0.206. The molecule has 0 radical (unpaired) electrons. The summed E-state index contributed by atoms with van der Waals surface area (Å²) in [7, 11) is -3.22. The molecule has 0 aromatic carbocycles. The number of nitrogens with one attached hydrogen (secondary N) is 1. The van der Waals surface area contributed by atoms with Crippen LogP contribution in [0.5, 0.6) is 0 Å². The second kappa shape index (κ2) is 5.91. The molecular weight excluding hydrogens is 274 g/mol. The summed E-state index contributed by atoms with van der Waals surface area (Å²) in [5.74, 6) is 0. The normalized spacial score (nSPS) is 34.4. The predicted molar refractivity (Wildman–Crippen MR) is 79.7 cm³/mol. The van der Waals surface area contributed by atoms with Crippen LogP contribution in [0.1, 0.15) is 44.9 Å². The van der Waals surface area contributed by atoms with Crippen molar-refractivity contribution in [1.29, 1.82) is 0 Å². The zero-order valence-electron chi connectivity index (χ0n) is 12.3. The molecule has 3 aliphatic heterocycles. The minimum Gasteiger partial charge on any atom is -0.316 e. The summed E-state index contributed by atoms with van der Waals surface area (Å²) in [5.41, 5.74) is 0.206. The standard InChI is InChI=1S/C14H27N3O2S/c18-20(19,16-9-3-1-2-4-10-16)17-11-7-14(13-17)6-5-8-15-12-14/h15H,1-13H2. The van der Waals surface area contributed by atoms with E-state index in [1.807, 2.05) is 0 Å². The first-order valence-electron chi connectivity index (χ1n) is 8.08. The molecule has 1 atom stereocenters. The van der Waals surface area contributed by atoms with Gasteiger partial charge in [-0.2, -0.15) is 17.0 Å². The molecule has 0 amide bonds. The average Bonchev–Trinajstić information content (AvgIpc) is 2.69. The molecule has 0 saturated carbocycles. The molecule has 3 saturated heterocycles. The molecule has 0 aromatic rings. The van der Waals surface area contributed by atoms with Gasteiger partial charge in [0.1, 0.15) is 0 Å². The van der Waals surface area contributed by atoms with E-state index in [2.05, 4.69) is 5.32 Å². The number of nitrogens with zero attached hydrogens (tertiary/aromatic N) is 2. The van der Waals surface area contributed by atoms with Crippen molar-refractivity contribution < 1.29 is 8.42 Å². The molecule has 1 unspecified atom stereocenters. The highest BCUT2D eigenvalue weighted by Crippen LogP contribution is 2.38. The van der Waals surface area contributed by atoms with Gasteiger partial charge in [0.05, 0.1) is 0 Å². The minimum atomic E-state index is -3.22. The van der Waals surface area contributed by atoms with Gasteiger partial charge in [-0.25, -0.2) is 0 Å². The van der Waals surface area contributed by atoms with Gasteiger partial charge in [-0.1, -0.05) is 12.8 Å². The highest BCUT2D eigenvalue weighted by Gasteiger charge is 2.44. The molecule has 1 N–H and O–H groups in total. The van der Waals surface area contributed by atoms with Gasteiger partial charge in [0.25, 0.3) is 10.2 Å². The molecule has 3 heterocycles. The summed E-state index contributed by atoms with van der Waals surface area (Å²) in [6.45, 7) is 4.92. The predicted octanol–water partition coefficient (Wildman–Crippen LogP) is 1.18. The maximum atomic E-state index is 12.8. The SMILES string of the molecule is O=S(=O)(N1CCCCCC1)N1CCC2(CCCNC2)C1. The van der Waals surface area contributed by atoms with Gasteiger partial charge in [0, 0.05) is 32.7 Å². The Kier molecular flexibility index (Phi) is 4.36. The van der Waals surface area contributed by atoms with Gasteiger partial charge in [0.15, 0.2) is 0 Å². The highest BCUT2D eigenvalue weighted by atomic mass is 32.2. The van der Waals surface area contributed by atoms with E-state index >= 15 is 0 Å². The second-order valence-electron chi connectivity index (χ2n) is 6.68. The van der Waals surface area contributed by atoms with Crippen molar-refractivity contribution in [1.82, 2.24) is 13.9 Å². The van der Waals surface area contributed by atoms with E-state index in [0.717, 1.165) is 38.9 Å². The summed E-state index contributed by atoms with van der Waals surface area (Å²) >= 11 is 0. The summed E-state index contributed by atoms with van der Waals surface area (Å²) in [4.78, 5) is 0. The molecule has 3 fully saturated rings. The largest absolute Gasteiger partial charge is 0.316 e. The van der Waals surface area contributed by atoms with Crippen LogP contribution in [0.15, 0.2) is 0 Å². The Hall–Kier alpha value is -0.170. The van der Waals surface area contributed by atoms with Crippen LogP contribution < -0.4 is 5.32 Å². The van der Waals surface area contributed by atoms with Crippen LogP contribution in [0.4, 0.5) is 0 Å². The number of hydrogen-bond donors (Lipinski definition) is 1. The Bertz CT molecular complexity index is 424. The van der Waals surface area contributed by atoms with Crippen LogP contribution in [0, 0.1) is 5.41 Å². The first kappa shape index (κ1) is 14.8. The van der Waals surface area contributed by atoms with Crippen LogP contribution in [0.25, 0.3) is 0 Å². The van der Waals surface area contributed by atoms with Crippen LogP contribution in [0.3, 0.4) is 0 Å². The first-order chi connectivity index (χ1) is 9.62. The van der Waals surface area contributed by atoms with Gasteiger partial charge >= 0.3 is 0 Å². The second-order valence-corrected chi connectivity index (χ2v) is 8.61. The summed E-state index contributed by atoms with van der Waals surface area (Å²) in [6, 6.07) is 0. The first-order valence-corrected chi connectivity index (χ1v) is 9.48. The van der Waals surface area contributed by atoms with E-state index in [1.165, 1.54) is 25.7 Å². The lowest BCUT2D eigenvalue weighted by Gasteiger charge is -2.34. The summed E-state index contributed by atoms with van der Waals surface area (Å²) in [6.07, 6.45) is 7.73. The van der Waals surface area contributed by atoms with Crippen LogP contribution in [-0.2, 0) is 10.2 Å². The van der Waals surface area contributed by atoms with E-state index in [0.29, 0.717) is 19.6 Å². The molecule has 20 heavy (non-hydrogen) atoms. The third kappa shape index (κ3) is 2.89.